The van der Waals surface area contributed by atoms with Gasteiger partial charge in [0.2, 0.25) is 11.0 Å². The zero-order valence-corrected chi connectivity index (χ0v) is 20.1. The molecule has 0 saturated carbocycles. The summed E-state index contributed by atoms with van der Waals surface area (Å²) in [6.07, 6.45) is -1.98. The molecule has 12 heteroatoms. The Morgan fingerprint density at radius 1 is 1.08 bits per heavy atom. The number of hydrogen-bond acceptors (Lipinski definition) is 6. The number of carbonyl (C=O) groups is 1. The molecule has 4 aromatic rings. The van der Waals surface area contributed by atoms with Crippen LogP contribution in [0, 0.1) is 0 Å². The molecule has 5 rings (SSSR count). The molecule has 1 saturated heterocycles. The first-order valence-corrected chi connectivity index (χ1v) is 12.8. The van der Waals surface area contributed by atoms with Gasteiger partial charge >= 0.3 is 6.18 Å². The van der Waals surface area contributed by atoms with E-state index in [0.29, 0.717) is 41.1 Å². The summed E-state index contributed by atoms with van der Waals surface area (Å²) in [7, 11) is -4.02. The Hall–Kier alpha value is -3.77. The summed E-state index contributed by atoms with van der Waals surface area (Å²) in [5.74, 6) is -0.447. The van der Waals surface area contributed by atoms with Crippen LogP contribution >= 0.6 is 0 Å². The number of fused-ring (bicyclic) bond motifs is 1. The number of nitrogens with one attached hydrogen (secondary N) is 1. The molecule has 37 heavy (non-hydrogen) atoms. The molecule has 0 spiro atoms. The highest BCUT2D eigenvalue weighted by Crippen LogP contribution is 2.30. The lowest BCUT2D eigenvalue weighted by Gasteiger charge is -2.22. The van der Waals surface area contributed by atoms with Crippen LogP contribution in [-0.2, 0) is 27.5 Å². The van der Waals surface area contributed by atoms with Crippen molar-refractivity contribution in [3.8, 4) is 11.3 Å². The van der Waals surface area contributed by atoms with Crippen LogP contribution in [0.25, 0.3) is 22.2 Å². The maximum atomic E-state index is 13.2. The van der Waals surface area contributed by atoms with Crippen molar-refractivity contribution in [3.05, 3.63) is 78.2 Å². The minimum Gasteiger partial charge on any atom is -0.443 e. The number of rotatable bonds is 6. The Balaban J connectivity index is 1.28. The predicted molar refractivity (Wildman–Crippen MR) is 127 cm³/mol. The molecular formula is C25H21F3N4O4S. The first-order valence-electron chi connectivity index (χ1n) is 11.4. The highest BCUT2D eigenvalue weighted by molar-refractivity contribution is 7.89. The highest BCUT2D eigenvalue weighted by Gasteiger charge is 2.41. The number of aromatic nitrogens is 2. The SMILES string of the molecule is O=C(NCc1cccc(-c2cnc(C(F)(F)F)cn2)c1)[C@@H]1CCCN1S(=O)(=O)c1cc2ccccc2o1. The van der Waals surface area contributed by atoms with E-state index in [1.807, 2.05) is 0 Å². The fourth-order valence-electron chi connectivity index (χ4n) is 4.26. The third kappa shape index (κ3) is 5.07. The summed E-state index contributed by atoms with van der Waals surface area (Å²) in [4.78, 5) is 20.3. The lowest BCUT2D eigenvalue weighted by Crippen LogP contribution is -2.45. The number of amides is 1. The molecule has 1 amide bonds. The van der Waals surface area contributed by atoms with Crippen molar-refractivity contribution >= 4 is 26.9 Å². The Morgan fingerprint density at radius 3 is 2.62 bits per heavy atom. The summed E-state index contributed by atoms with van der Waals surface area (Å²) in [6, 6.07) is 14.3. The number of hydrogen-bond donors (Lipinski definition) is 1. The summed E-state index contributed by atoms with van der Waals surface area (Å²) in [5.41, 5.74) is 0.803. The first-order chi connectivity index (χ1) is 17.6. The van der Waals surface area contributed by atoms with E-state index in [1.54, 1.807) is 48.5 Å². The Bertz CT molecular complexity index is 1520. The molecule has 0 bridgehead atoms. The van der Waals surface area contributed by atoms with Crippen molar-refractivity contribution < 1.29 is 30.8 Å². The molecule has 2 aromatic heterocycles. The monoisotopic (exact) mass is 530 g/mol. The number of halogens is 3. The van der Waals surface area contributed by atoms with Crippen LogP contribution in [0.2, 0.25) is 0 Å². The zero-order chi connectivity index (χ0) is 26.2. The van der Waals surface area contributed by atoms with E-state index < -0.39 is 33.8 Å². The number of sulfonamides is 1. The van der Waals surface area contributed by atoms with Crippen LogP contribution in [0.5, 0.6) is 0 Å². The van der Waals surface area contributed by atoms with Gasteiger partial charge in [0, 0.05) is 30.1 Å². The van der Waals surface area contributed by atoms with Gasteiger partial charge in [-0.1, -0.05) is 36.4 Å². The summed E-state index contributed by atoms with van der Waals surface area (Å²) in [6.45, 7) is 0.287. The van der Waals surface area contributed by atoms with E-state index in [9.17, 15) is 26.4 Å². The van der Waals surface area contributed by atoms with Gasteiger partial charge in [-0.2, -0.15) is 17.5 Å². The van der Waals surface area contributed by atoms with E-state index >= 15 is 0 Å². The van der Waals surface area contributed by atoms with Gasteiger partial charge in [-0.05, 0) is 30.5 Å². The average Bonchev–Trinajstić information content (AvgIpc) is 3.55. The fourth-order valence-corrected chi connectivity index (χ4v) is 5.87. The van der Waals surface area contributed by atoms with Crippen molar-refractivity contribution in [1.29, 1.82) is 0 Å². The van der Waals surface area contributed by atoms with Gasteiger partial charge in [0.25, 0.3) is 10.0 Å². The molecule has 0 aliphatic carbocycles. The summed E-state index contributed by atoms with van der Waals surface area (Å²) in [5, 5.41) is 3.21. The average molecular weight is 531 g/mol. The summed E-state index contributed by atoms with van der Waals surface area (Å²) < 4.78 is 71.5. The number of alkyl halides is 3. The molecule has 192 valence electrons. The Labute approximate surface area is 210 Å². The van der Waals surface area contributed by atoms with Crippen LogP contribution in [0.1, 0.15) is 24.1 Å². The largest absolute Gasteiger partial charge is 0.443 e. The maximum Gasteiger partial charge on any atom is 0.434 e. The van der Waals surface area contributed by atoms with Gasteiger partial charge in [-0.3, -0.25) is 9.78 Å². The molecule has 1 fully saturated rings. The second-order valence-electron chi connectivity index (χ2n) is 8.58. The number of furan rings is 1. The van der Waals surface area contributed by atoms with E-state index in [1.165, 1.54) is 6.07 Å². The van der Waals surface area contributed by atoms with Crippen LogP contribution in [0.15, 0.2) is 76.5 Å². The lowest BCUT2D eigenvalue weighted by atomic mass is 10.1. The van der Waals surface area contributed by atoms with Gasteiger partial charge in [0.1, 0.15) is 11.6 Å². The van der Waals surface area contributed by atoms with Crippen LogP contribution in [-0.4, -0.2) is 41.2 Å². The first kappa shape index (κ1) is 24.9. The Kier molecular flexibility index (Phi) is 6.46. The van der Waals surface area contributed by atoms with Gasteiger partial charge in [-0.15, -0.1) is 0 Å². The van der Waals surface area contributed by atoms with Crippen LogP contribution in [0.4, 0.5) is 13.2 Å². The van der Waals surface area contributed by atoms with Gasteiger partial charge in [0.05, 0.1) is 18.1 Å². The minimum absolute atomic E-state index is 0.0930. The van der Waals surface area contributed by atoms with E-state index in [0.717, 1.165) is 10.5 Å². The second-order valence-corrected chi connectivity index (χ2v) is 10.4. The predicted octanol–water partition coefficient (Wildman–Crippen LogP) is 4.38. The Morgan fingerprint density at radius 2 is 1.89 bits per heavy atom. The van der Waals surface area contributed by atoms with E-state index in [2.05, 4.69) is 15.3 Å². The minimum atomic E-state index is -4.58. The van der Waals surface area contributed by atoms with Crippen molar-refractivity contribution in [2.45, 2.75) is 36.7 Å². The van der Waals surface area contributed by atoms with Gasteiger partial charge < -0.3 is 9.73 Å². The second kappa shape index (κ2) is 9.60. The third-order valence-corrected chi connectivity index (χ3v) is 7.87. The number of para-hydroxylation sites is 1. The van der Waals surface area contributed by atoms with Crippen molar-refractivity contribution in [3.63, 3.8) is 0 Å². The quantitative estimate of drug-likeness (QED) is 0.397. The number of benzene rings is 2. The molecule has 2 aromatic carbocycles. The van der Waals surface area contributed by atoms with Crippen molar-refractivity contribution in [2.75, 3.05) is 6.54 Å². The van der Waals surface area contributed by atoms with Gasteiger partial charge in [-0.25, -0.2) is 13.4 Å². The van der Waals surface area contributed by atoms with E-state index in [4.69, 9.17) is 4.42 Å². The van der Waals surface area contributed by atoms with Crippen molar-refractivity contribution in [1.82, 2.24) is 19.6 Å². The molecule has 1 aliphatic rings. The lowest BCUT2D eigenvalue weighted by molar-refractivity contribution is -0.141. The zero-order valence-electron chi connectivity index (χ0n) is 19.3. The van der Waals surface area contributed by atoms with Crippen LogP contribution < -0.4 is 5.32 Å². The molecule has 0 radical (unpaired) electrons. The van der Waals surface area contributed by atoms with Crippen LogP contribution in [0.3, 0.4) is 0 Å². The molecular weight excluding hydrogens is 509 g/mol. The maximum absolute atomic E-state index is 13.2. The van der Waals surface area contributed by atoms with Crippen molar-refractivity contribution in [2.24, 2.45) is 0 Å². The molecule has 1 aliphatic heterocycles. The third-order valence-electron chi connectivity index (χ3n) is 6.10. The molecule has 3 heterocycles. The normalized spacial score (nSPS) is 16.8. The standard InChI is InChI=1S/C25H21F3N4O4S/c26-25(27,28)22-15-29-19(14-30-22)17-7-3-5-16(11-17)13-31-24(33)20-8-4-10-32(20)37(34,35)23-12-18-6-1-2-9-21(18)36-23/h1-3,5-7,9,11-12,14-15,20H,4,8,10,13H2,(H,31,33)/t20-/m0/s1. The number of carbonyl (C=O) groups excluding carboxylic acids is 1. The fraction of sp³-hybridized carbons (Fsp3) is 0.240. The van der Waals surface area contributed by atoms with Gasteiger partial charge in [0.15, 0.2) is 5.69 Å². The highest BCUT2D eigenvalue weighted by atomic mass is 32.2. The molecule has 8 nitrogen and oxygen atoms in total. The van der Waals surface area contributed by atoms with E-state index in [-0.39, 0.29) is 23.9 Å². The molecule has 0 unspecified atom stereocenters. The smallest absolute Gasteiger partial charge is 0.434 e. The molecule has 1 atom stereocenters. The topological polar surface area (TPSA) is 105 Å². The molecule has 1 N–H and O–H groups in total. The number of nitrogens with zero attached hydrogens (tertiary/aromatic N) is 3. The summed E-state index contributed by atoms with van der Waals surface area (Å²) >= 11 is 0.